The maximum absolute atomic E-state index is 11.0. The van der Waals surface area contributed by atoms with Gasteiger partial charge in [0.15, 0.2) is 10.8 Å². The Balaban J connectivity index is 2.64. The normalized spacial score (nSPS) is 11.1. The third kappa shape index (κ3) is 1.32. The monoisotopic (exact) mass is 249 g/mol. The molecular weight excluding hydrogens is 246 g/mol. The predicted molar refractivity (Wildman–Crippen MR) is 60.0 cm³/mol. The van der Waals surface area contributed by atoms with Crippen molar-refractivity contribution in [2.24, 2.45) is 0 Å². The molecule has 0 aliphatic rings. The van der Waals surface area contributed by atoms with Crippen LogP contribution in [0.5, 0.6) is 0 Å². The van der Waals surface area contributed by atoms with Gasteiger partial charge < -0.3 is 0 Å². The van der Waals surface area contributed by atoms with Crippen LogP contribution >= 0.6 is 11.6 Å². The molecule has 0 saturated carbocycles. The van der Waals surface area contributed by atoms with Gasteiger partial charge in [-0.25, -0.2) is 0 Å². The highest BCUT2D eigenvalue weighted by Crippen LogP contribution is 2.31. The van der Waals surface area contributed by atoms with Crippen molar-refractivity contribution in [3.63, 3.8) is 0 Å². The highest BCUT2D eigenvalue weighted by molar-refractivity contribution is 6.35. The van der Waals surface area contributed by atoms with Crippen molar-refractivity contribution in [3.05, 3.63) is 39.8 Å². The molecule has 0 saturated heterocycles. The summed E-state index contributed by atoms with van der Waals surface area (Å²) in [5, 5.41) is 23.5. The summed E-state index contributed by atoms with van der Waals surface area (Å²) in [4.78, 5) is 10.5. The van der Waals surface area contributed by atoms with E-state index in [1.807, 2.05) is 0 Å². The Morgan fingerprint density at radius 1 is 1.41 bits per heavy atom. The van der Waals surface area contributed by atoms with Crippen LogP contribution in [0, 0.1) is 10.1 Å². The molecule has 0 atom stereocenters. The Morgan fingerprint density at radius 3 is 3.00 bits per heavy atom. The third-order valence-electron chi connectivity index (χ3n) is 2.41. The van der Waals surface area contributed by atoms with E-state index < -0.39 is 4.92 Å². The zero-order chi connectivity index (χ0) is 12.0. The highest BCUT2D eigenvalue weighted by atomic mass is 35.5. The van der Waals surface area contributed by atoms with Gasteiger partial charge in [0.25, 0.3) is 5.69 Å². The summed E-state index contributed by atoms with van der Waals surface area (Å²) in [6, 6.07) is 4.61. The van der Waals surface area contributed by atoms with Crippen LogP contribution in [-0.4, -0.2) is 24.7 Å². The maximum Gasteiger partial charge on any atom is 0.281 e. The van der Waals surface area contributed by atoms with Crippen LogP contribution in [0.4, 0.5) is 5.69 Å². The van der Waals surface area contributed by atoms with Crippen molar-refractivity contribution in [1.29, 1.82) is 0 Å². The fraction of sp³-hybridized carbons (Fsp3) is 0. The van der Waals surface area contributed by atoms with Gasteiger partial charge in [0.1, 0.15) is 11.7 Å². The van der Waals surface area contributed by atoms with Crippen LogP contribution in [0.2, 0.25) is 5.15 Å². The number of benzene rings is 1. The minimum absolute atomic E-state index is 0.0650. The van der Waals surface area contributed by atoms with Crippen molar-refractivity contribution >= 4 is 33.7 Å². The fourth-order valence-corrected chi connectivity index (χ4v) is 1.95. The first-order valence-corrected chi connectivity index (χ1v) is 4.99. The van der Waals surface area contributed by atoms with Crippen molar-refractivity contribution in [1.82, 2.24) is 19.8 Å². The maximum atomic E-state index is 11.0. The van der Waals surface area contributed by atoms with Gasteiger partial charge in [-0.3, -0.25) is 10.1 Å². The number of fused-ring (bicyclic) bond motifs is 3. The van der Waals surface area contributed by atoms with E-state index >= 15 is 0 Å². The minimum atomic E-state index is -0.479. The van der Waals surface area contributed by atoms with E-state index in [2.05, 4.69) is 15.3 Å². The lowest BCUT2D eigenvalue weighted by molar-refractivity contribution is -0.383. The van der Waals surface area contributed by atoms with E-state index in [1.54, 1.807) is 12.1 Å². The van der Waals surface area contributed by atoms with Crippen LogP contribution in [0.1, 0.15) is 0 Å². The second-order valence-corrected chi connectivity index (χ2v) is 3.70. The molecule has 2 aromatic heterocycles. The summed E-state index contributed by atoms with van der Waals surface area (Å²) in [7, 11) is 0. The number of halogens is 1. The van der Waals surface area contributed by atoms with Crippen LogP contribution in [0.25, 0.3) is 16.4 Å². The van der Waals surface area contributed by atoms with Gasteiger partial charge in [0, 0.05) is 11.5 Å². The Kier molecular flexibility index (Phi) is 1.96. The molecular formula is C9H4ClN5O2. The number of hydrogen-bond acceptors (Lipinski definition) is 5. The lowest BCUT2D eigenvalue weighted by Gasteiger charge is -2.02. The molecule has 0 N–H and O–H groups in total. The lowest BCUT2D eigenvalue weighted by Crippen LogP contribution is -1.96. The molecule has 84 valence electrons. The predicted octanol–water partition coefficient (Wildman–Crippen LogP) is 1.84. The molecule has 3 rings (SSSR count). The molecule has 1 aromatic carbocycles. The molecule has 17 heavy (non-hydrogen) atoms. The van der Waals surface area contributed by atoms with Gasteiger partial charge in [-0.15, -0.1) is 10.2 Å². The molecule has 0 spiro atoms. The van der Waals surface area contributed by atoms with Gasteiger partial charge >= 0.3 is 0 Å². The zero-order valence-corrected chi connectivity index (χ0v) is 9.00. The first kappa shape index (κ1) is 9.91. The van der Waals surface area contributed by atoms with E-state index in [9.17, 15) is 10.1 Å². The largest absolute Gasteiger partial charge is 0.281 e. The van der Waals surface area contributed by atoms with Gasteiger partial charge in [-0.05, 0) is 0 Å². The van der Waals surface area contributed by atoms with Crippen molar-refractivity contribution in [2.75, 3.05) is 0 Å². The third-order valence-corrected chi connectivity index (χ3v) is 2.69. The van der Waals surface area contributed by atoms with Crippen molar-refractivity contribution in [3.8, 4) is 0 Å². The fourth-order valence-electron chi connectivity index (χ4n) is 1.72. The molecule has 3 aromatic rings. The number of rotatable bonds is 1. The summed E-state index contributed by atoms with van der Waals surface area (Å²) in [6.45, 7) is 0. The van der Waals surface area contributed by atoms with Crippen LogP contribution < -0.4 is 0 Å². The molecule has 0 aliphatic heterocycles. The summed E-state index contributed by atoms with van der Waals surface area (Å²) in [5.74, 6) is 0. The highest BCUT2D eigenvalue weighted by Gasteiger charge is 2.18. The SMILES string of the molecule is O=[N+]([O-])c1cccc2c(Cl)nn3cnnc3c12. The summed E-state index contributed by atoms with van der Waals surface area (Å²) in [5.41, 5.74) is 0.251. The smallest absolute Gasteiger partial charge is 0.258 e. The number of nitro groups is 1. The Hall–Kier alpha value is -2.28. The zero-order valence-electron chi connectivity index (χ0n) is 8.24. The van der Waals surface area contributed by atoms with E-state index in [0.717, 1.165) is 0 Å². The molecule has 0 unspecified atom stereocenters. The number of hydrogen-bond donors (Lipinski definition) is 0. The second kappa shape index (κ2) is 3.36. The van der Waals surface area contributed by atoms with Gasteiger partial charge in [0.2, 0.25) is 0 Å². The van der Waals surface area contributed by atoms with Gasteiger partial charge in [0.05, 0.1) is 4.92 Å². The quantitative estimate of drug-likeness (QED) is 0.485. The summed E-state index contributed by atoms with van der Waals surface area (Å²) >= 11 is 5.96. The molecule has 0 fully saturated rings. The first-order chi connectivity index (χ1) is 8.18. The van der Waals surface area contributed by atoms with E-state index in [0.29, 0.717) is 16.4 Å². The average molecular weight is 250 g/mol. The summed E-state index contributed by atoms with van der Waals surface area (Å²) < 4.78 is 1.32. The Labute approximate surface area is 98.8 Å². The van der Waals surface area contributed by atoms with Crippen LogP contribution in [-0.2, 0) is 0 Å². The van der Waals surface area contributed by atoms with Crippen molar-refractivity contribution < 1.29 is 4.92 Å². The number of aromatic nitrogens is 4. The first-order valence-electron chi connectivity index (χ1n) is 4.61. The Bertz CT molecular complexity index is 754. The molecule has 7 nitrogen and oxygen atoms in total. The number of nitro benzene ring substituents is 1. The van der Waals surface area contributed by atoms with E-state index in [4.69, 9.17) is 11.6 Å². The van der Waals surface area contributed by atoms with Crippen LogP contribution in [0.15, 0.2) is 24.5 Å². The van der Waals surface area contributed by atoms with E-state index in [1.165, 1.54) is 16.9 Å². The standard InChI is InChI=1S/C9H4ClN5O2/c10-8-5-2-1-3-6(15(16)17)7(5)9-12-11-4-14(9)13-8/h1-4H. The van der Waals surface area contributed by atoms with Crippen LogP contribution in [0.3, 0.4) is 0 Å². The average Bonchev–Trinajstić information content (AvgIpc) is 2.76. The van der Waals surface area contributed by atoms with Gasteiger partial charge in [-0.2, -0.15) is 9.61 Å². The minimum Gasteiger partial charge on any atom is -0.258 e. The van der Waals surface area contributed by atoms with Crippen molar-refractivity contribution in [2.45, 2.75) is 0 Å². The molecule has 0 amide bonds. The summed E-state index contributed by atoms with van der Waals surface area (Å²) in [6.07, 6.45) is 1.34. The molecule has 8 heteroatoms. The number of nitrogens with zero attached hydrogens (tertiary/aromatic N) is 5. The van der Waals surface area contributed by atoms with Gasteiger partial charge in [-0.1, -0.05) is 23.7 Å². The topological polar surface area (TPSA) is 86.2 Å². The molecule has 2 heterocycles. The van der Waals surface area contributed by atoms with E-state index in [-0.39, 0.29) is 10.8 Å². The molecule has 0 bridgehead atoms. The molecule has 0 radical (unpaired) electrons. The lowest BCUT2D eigenvalue weighted by atomic mass is 10.1. The number of non-ortho nitro benzene ring substituents is 1. The molecule has 0 aliphatic carbocycles. The second-order valence-electron chi connectivity index (χ2n) is 3.35. The Morgan fingerprint density at radius 2 is 2.24 bits per heavy atom.